The molecule has 1 aliphatic rings. The van der Waals surface area contributed by atoms with E-state index in [1.54, 1.807) is 18.3 Å². The van der Waals surface area contributed by atoms with Crippen molar-refractivity contribution >= 4 is 6.03 Å². The topological polar surface area (TPSA) is 66.5 Å². The van der Waals surface area contributed by atoms with E-state index >= 15 is 0 Å². The van der Waals surface area contributed by atoms with Crippen molar-refractivity contribution in [2.75, 3.05) is 19.7 Å². The summed E-state index contributed by atoms with van der Waals surface area (Å²) in [6.45, 7) is 7.42. The third kappa shape index (κ3) is 6.69. The SMILES string of the molecule is CC(C)COc1ccc(CNC(=O)N(Cc2ccc(F)cc2)C2CCNCC2)cn1. The second-order valence-corrected chi connectivity index (χ2v) is 8.10. The number of urea groups is 1. The van der Waals surface area contributed by atoms with Gasteiger partial charge in [-0.25, -0.2) is 14.2 Å². The minimum atomic E-state index is -0.273. The van der Waals surface area contributed by atoms with Crippen LogP contribution in [0.25, 0.3) is 0 Å². The normalized spacial score (nSPS) is 14.5. The molecule has 7 heteroatoms. The van der Waals surface area contributed by atoms with Gasteiger partial charge in [-0.2, -0.15) is 0 Å². The van der Waals surface area contributed by atoms with Crippen LogP contribution in [0, 0.1) is 11.7 Å². The Hall–Kier alpha value is -2.67. The lowest BCUT2D eigenvalue weighted by Gasteiger charge is -2.34. The fraction of sp³-hybridized carbons (Fsp3) is 0.478. The molecule has 0 atom stereocenters. The summed E-state index contributed by atoms with van der Waals surface area (Å²) in [5, 5.41) is 6.34. The molecule has 1 aromatic heterocycles. The summed E-state index contributed by atoms with van der Waals surface area (Å²) in [5.41, 5.74) is 1.82. The average Bonchev–Trinajstić information content (AvgIpc) is 2.77. The lowest BCUT2D eigenvalue weighted by molar-refractivity contribution is 0.154. The van der Waals surface area contributed by atoms with Crippen molar-refractivity contribution in [1.82, 2.24) is 20.5 Å². The minimum absolute atomic E-state index is 0.119. The maximum Gasteiger partial charge on any atom is 0.318 e. The average molecular weight is 415 g/mol. The first-order valence-corrected chi connectivity index (χ1v) is 10.6. The fourth-order valence-electron chi connectivity index (χ4n) is 3.40. The van der Waals surface area contributed by atoms with Gasteiger partial charge in [-0.3, -0.25) is 0 Å². The number of nitrogens with zero attached hydrogens (tertiary/aromatic N) is 2. The molecule has 0 unspecified atom stereocenters. The molecule has 0 aliphatic carbocycles. The number of amides is 2. The van der Waals surface area contributed by atoms with Crippen molar-refractivity contribution in [2.45, 2.75) is 45.8 Å². The minimum Gasteiger partial charge on any atom is -0.477 e. The second-order valence-electron chi connectivity index (χ2n) is 8.10. The van der Waals surface area contributed by atoms with Crippen molar-refractivity contribution in [2.24, 2.45) is 5.92 Å². The zero-order valence-electron chi connectivity index (χ0n) is 17.7. The Balaban J connectivity index is 1.60. The molecule has 3 rings (SSSR count). The van der Waals surface area contributed by atoms with Crippen LogP contribution in [0.4, 0.5) is 9.18 Å². The van der Waals surface area contributed by atoms with Crippen LogP contribution >= 0.6 is 0 Å². The molecular weight excluding hydrogens is 383 g/mol. The molecule has 2 N–H and O–H groups in total. The third-order valence-corrected chi connectivity index (χ3v) is 5.08. The fourth-order valence-corrected chi connectivity index (χ4v) is 3.40. The maximum absolute atomic E-state index is 13.2. The molecule has 1 aromatic carbocycles. The number of hydrogen-bond acceptors (Lipinski definition) is 4. The van der Waals surface area contributed by atoms with Gasteiger partial charge in [0.25, 0.3) is 0 Å². The molecular formula is C23H31FN4O2. The Labute approximate surface area is 177 Å². The number of ether oxygens (including phenoxy) is 1. The summed E-state index contributed by atoms with van der Waals surface area (Å²) < 4.78 is 18.8. The van der Waals surface area contributed by atoms with Crippen LogP contribution in [-0.2, 0) is 13.1 Å². The highest BCUT2D eigenvalue weighted by Crippen LogP contribution is 2.17. The lowest BCUT2D eigenvalue weighted by Crippen LogP contribution is -2.49. The number of benzene rings is 1. The number of carbonyl (C=O) groups is 1. The van der Waals surface area contributed by atoms with Gasteiger partial charge in [-0.05, 0) is 55.1 Å². The summed E-state index contributed by atoms with van der Waals surface area (Å²) in [6, 6.07) is 10.1. The molecule has 2 amide bonds. The highest BCUT2D eigenvalue weighted by atomic mass is 19.1. The zero-order chi connectivity index (χ0) is 21.3. The molecule has 0 radical (unpaired) electrons. The molecule has 1 saturated heterocycles. The number of pyridine rings is 1. The van der Waals surface area contributed by atoms with E-state index in [9.17, 15) is 9.18 Å². The Morgan fingerprint density at radius 2 is 1.90 bits per heavy atom. The molecule has 6 nitrogen and oxygen atoms in total. The van der Waals surface area contributed by atoms with Crippen LogP contribution in [-0.4, -0.2) is 41.7 Å². The van der Waals surface area contributed by atoms with Crippen molar-refractivity contribution in [3.63, 3.8) is 0 Å². The van der Waals surface area contributed by atoms with Crippen molar-refractivity contribution in [1.29, 1.82) is 0 Å². The van der Waals surface area contributed by atoms with E-state index < -0.39 is 0 Å². The molecule has 1 fully saturated rings. The summed E-state index contributed by atoms with van der Waals surface area (Å²) in [6.07, 6.45) is 3.53. The van der Waals surface area contributed by atoms with Crippen LogP contribution < -0.4 is 15.4 Å². The van der Waals surface area contributed by atoms with Gasteiger partial charge in [0.1, 0.15) is 5.82 Å². The van der Waals surface area contributed by atoms with Gasteiger partial charge in [0.2, 0.25) is 5.88 Å². The van der Waals surface area contributed by atoms with Crippen LogP contribution in [0.15, 0.2) is 42.6 Å². The quantitative estimate of drug-likeness (QED) is 0.691. The van der Waals surface area contributed by atoms with Gasteiger partial charge in [0.05, 0.1) is 6.61 Å². The van der Waals surface area contributed by atoms with E-state index in [1.165, 1.54) is 12.1 Å². The number of hydrogen-bond donors (Lipinski definition) is 2. The second kappa shape index (κ2) is 10.9. The van der Waals surface area contributed by atoms with Crippen LogP contribution in [0.2, 0.25) is 0 Å². The van der Waals surface area contributed by atoms with Gasteiger partial charge in [0.15, 0.2) is 0 Å². The van der Waals surface area contributed by atoms with E-state index in [0.29, 0.717) is 31.5 Å². The van der Waals surface area contributed by atoms with E-state index in [2.05, 4.69) is 29.5 Å². The molecule has 0 spiro atoms. The molecule has 2 heterocycles. The number of aromatic nitrogens is 1. The lowest BCUT2D eigenvalue weighted by atomic mass is 10.0. The summed E-state index contributed by atoms with van der Waals surface area (Å²) in [7, 11) is 0. The van der Waals surface area contributed by atoms with Gasteiger partial charge < -0.3 is 20.3 Å². The van der Waals surface area contributed by atoms with Crippen LogP contribution in [0.3, 0.4) is 0 Å². The zero-order valence-corrected chi connectivity index (χ0v) is 17.7. The molecule has 30 heavy (non-hydrogen) atoms. The van der Waals surface area contributed by atoms with Crippen molar-refractivity contribution in [3.8, 4) is 5.88 Å². The molecule has 162 valence electrons. The molecule has 0 bridgehead atoms. The van der Waals surface area contributed by atoms with E-state index in [1.807, 2.05) is 17.0 Å². The summed E-state index contributed by atoms with van der Waals surface area (Å²) >= 11 is 0. The monoisotopic (exact) mass is 414 g/mol. The Morgan fingerprint density at radius 3 is 2.53 bits per heavy atom. The van der Waals surface area contributed by atoms with Crippen molar-refractivity contribution < 1.29 is 13.9 Å². The molecule has 0 saturated carbocycles. The Morgan fingerprint density at radius 1 is 1.20 bits per heavy atom. The van der Waals surface area contributed by atoms with Gasteiger partial charge >= 0.3 is 6.03 Å². The predicted octanol–water partition coefficient (Wildman–Crippen LogP) is 3.72. The predicted molar refractivity (Wildman–Crippen MR) is 115 cm³/mol. The maximum atomic E-state index is 13.2. The number of carbonyl (C=O) groups excluding carboxylic acids is 1. The Kier molecular flexibility index (Phi) is 8.02. The number of nitrogens with one attached hydrogen (secondary N) is 2. The van der Waals surface area contributed by atoms with Gasteiger partial charge in [0, 0.05) is 31.4 Å². The Bertz CT molecular complexity index is 790. The first-order valence-electron chi connectivity index (χ1n) is 10.6. The largest absolute Gasteiger partial charge is 0.477 e. The summed E-state index contributed by atoms with van der Waals surface area (Å²) in [4.78, 5) is 19.2. The highest BCUT2D eigenvalue weighted by molar-refractivity contribution is 5.74. The van der Waals surface area contributed by atoms with Gasteiger partial charge in [-0.1, -0.05) is 32.0 Å². The van der Waals surface area contributed by atoms with E-state index in [-0.39, 0.29) is 17.9 Å². The molecule has 2 aromatic rings. The smallest absolute Gasteiger partial charge is 0.318 e. The first-order chi connectivity index (χ1) is 14.5. The summed E-state index contributed by atoms with van der Waals surface area (Å²) in [5.74, 6) is 0.754. The van der Waals surface area contributed by atoms with E-state index in [0.717, 1.165) is 37.1 Å². The third-order valence-electron chi connectivity index (χ3n) is 5.08. The highest BCUT2D eigenvalue weighted by Gasteiger charge is 2.25. The molecule has 1 aliphatic heterocycles. The number of piperidine rings is 1. The van der Waals surface area contributed by atoms with Crippen LogP contribution in [0.1, 0.15) is 37.8 Å². The van der Waals surface area contributed by atoms with E-state index in [4.69, 9.17) is 4.74 Å². The van der Waals surface area contributed by atoms with Gasteiger partial charge in [-0.15, -0.1) is 0 Å². The number of halogens is 1. The van der Waals surface area contributed by atoms with Crippen molar-refractivity contribution in [3.05, 3.63) is 59.5 Å². The first kappa shape index (κ1) is 22.0. The van der Waals surface area contributed by atoms with Crippen LogP contribution in [0.5, 0.6) is 5.88 Å². The number of rotatable bonds is 8. The standard InChI is InChI=1S/C23H31FN4O2/c1-17(2)16-30-22-8-5-19(13-26-22)14-27-23(29)28(21-9-11-25-12-10-21)15-18-3-6-20(24)7-4-18/h3-8,13,17,21,25H,9-12,14-16H2,1-2H3,(H,27,29).